The summed E-state index contributed by atoms with van der Waals surface area (Å²) in [6, 6.07) is 8.11. The lowest BCUT2D eigenvalue weighted by Crippen LogP contribution is -2.33. The van der Waals surface area contributed by atoms with Gasteiger partial charge in [0.15, 0.2) is 4.34 Å². The number of unbranched alkanes of at least 4 members (excludes halogenated alkanes) is 1. The number of carbonyl (C=O) groups is 1. The fraction of sp³-hybridized carbons (Fsp3) is 0.471. The van der Waals surface area contributed by atoms with Crippen LogP contribution >= 0.6 is 23.1 Å². The normalized spacial score (nSPS) is 10.6. The van der Waals surface area contributed by atoms with Gasteiger partial charge in [-0.1, -0.05) is 48.6 Å². The minimum Gasteiger partial charge on any atom is -0.342 e. The first kappa shape index (κ1) is 18.7. The van der Waals surface area contributed by atoms with Crippen molar-refractivity contribution in [3.8, 4) is 0 Å². The van der Waals surface area contributed by atoms with Crippen LogP contribution in [-0.4, -0.2) is 39.8 Å². The highest BCUT2D eigenvalue weighted by Gasteiger charge is 2.13. The van der Waals surface area contributed by atoms with Crippen molar-refractivity contribution in [2.45, 2.75) is 38.0 Å². The molecule has 2 rings (SSSR count). The maximum absolute atomic E-state index is 12.2. The first-order valence-electron chi connectivity index (χ1n) is 8.20. The van der Waals surface area contributed by atoms with E-state index in [9.17, 15) is 4.79 Å². The molecule has 7 heteroatoms. The Balaban J connectivity index is 1.86. The lowest BCUT2D eigenvalue weighted by Gasteiger charge is -2.19. The van der Waals surface area contributed by atoms with Gasteiger partial charge in [0, 0.05) is 18.8 Å². The zero-order chi connectivity index (χ0) is 17.4. The Morgan fingerprint density at radius 3 is 2.88 bits per heavy atom. The van der Waals surface area contributed by atoms with Crippen LogP contribution in [-0.2, 0) is 4.79 Å². The molecule has 0 aliphatic rings. The predicted molar refractivity (Wildman–Crippen MR) is 102 cm³/mol. The van der Waals surface area contributed by atoms with Gasteiger partial charge in [0.2, 0.25) is 11.0 Å². The van der Waals surface area contributed by atoms with Gasteiger partial charge in [-0.2, -0.15) is 0 Å². The highest BCUT2D eigenvalue weighted by molar-refractivity contribution is 8.01. The molecule has 5 nitrogen and oxygen atoms in total. The highest BCUT2D eigenvalue weighted by Crippen LogP contribution is 2.28. The Morgan fingerprint density at radius 1 is 1.33 bits per heavy atom. The molecule has 1 N–H and O–H groups in total. The molecule has 130 valence electrons. The quantitative estimate of drug-likeness (QED) is 0.671. The summed E-state index contributed by atoms with van der Waals surface area (Å²) in [5, 5.41) is 12.3. The molecule has 0 saturated carbocycles. The van der Waals surface area contributed by atoms with Crippen LogP contribution in [0.2, 0.25) is 0 Å². The van der Waals surface area contributed by atoms with Crippen molar-refractivity contribution in [1.82, 2.24) is 15.1 Å². The monoisotopic (exact) mass is 364 g/mol. The zero-order valence-corrected chi connectivity index (χ0v) is 16.0. The van der Waals surface area contributed by atoms with Gasteiger partial charge in [-0.25, -0.2) is 0 Å². The second-order valence-corrected chi connectivity index (χ2v) is 7.68. The molecule has 24 heavy (non-hydrogen) atoms. The molecule has 2 aromatic rings. The average molecular weight is 365 g/mol. The smallest absolute Gasteiger partial charge is 0.233 e. The van der Waals surface area contributed by atoms with Crippen LogP contribution in [0.1, 0.15) is 32.3 Å². The SMILES string of the molecule is CCCCN(CC)C(=O)CSc1nnc(Nc2cccc(C)c2)s1. The molecule has 0 spiro atoms. The van der Waals surface area contributed by atoms with Gasteiger partial charge >= 0.3 is 0 Å². The molecule has 0 aliphatic carbocycles. The van der Waals surface area contributed by atoms with Crippen molar-refractivity contribution in [2.24, 2.45) is 0 Å². The fourth-order valence-electron chi connectivity index (χ4n) is 2.19. The van der Waals surface area contributed by atoms with E-state index in [0.717, 1.165) is 41.1 Å². The summed E-state index contributed by atoms with van der Waals surface area (Å²) in [5.74, 6) is 0.579. The van der Waals surface area contributed by atoms with Crippen molar-refractivity contribution in [3.63, 3.8) is 0 Å². The second kappa shape index (κ2) is 9.64. The van der Waals surface area contributed by atoms with Crippen LogP contribution in [0, 0.1) is 6.92 Å². The lowest BCUT2D eigenvalue weighted by atomic mass is 10.2. The van der Waals surface area contributed by atoms with Crippen molar-refractivity contribution in [2.75, 3.05) is 24.2 Å². The van der Waals surface area contributed by atoms with Gasteiger partial charge < -0.3 is 10.2 Å². The molecule has 0 fully saturated rings. The van der Waals surface area contributed by atoms with E-state index in [1.54, 1.807) is 0 Å². The molecule has 0 bridgehead atoms. The minimum atomic E-state index is 0.166. The number of anilines is 2. The minimum absolute atomic E-state index is 0.166. The van der Waals surface area contributed by atoms with E-state index in [2.05, 4.69) is 41.5 Å². The molecule has 1 amide bonds. The molecular weight excluding hydrogens is 340 g/mol. The Kier molecular flexibility index (Phi) is 7.52. The Bertz CT molecular complexity index is 660. The van der Waals surface area contributed by atoms with E-state index in [4.69, 9.17) is 0 Å². The second-order valence-electron chi connectivity index (χ2n) is 5.48. The Morgan fingerprint density at radius 2 is 2.17 bits per heavy atom. The van der Waals surface area contributed by atoms with E-state index in [-0.39, 0.29) is 5.91 Å². The summed E-state index contributed by atoms with van der Waals surface area (Å²) >= 11 is 2.93. The molecule has 1 aromatic heterocycles. The van der Waals surface area contributed by atoms with Gasteiger partial charge in [-0.15, -0.1) is 10.2 Å². The summed E-state index contributed by atoms with van der Waals surface area (Å²) in [4.78, 5) is 14.1. The molecule has 0 unspecified atom stereocenters. The number of aromatic nitrogens is 2. The maximum atomic E-state index is 12.2. The van der Waals surface area contributed by atoms with Crippen LogP contribution < -0.4 is 5.32 Å². The largest absolute Gasteiger partial charge is 0.342 e. The first-order chi connectivity index (χ1) is 11.6. The molecule has 0 aliphatic heterocycles. The van der Waals surface area contributed by atoms with E-state index in [1.165, 1.54) is 28.7 Å². The van der Waals surface area contributed by atoms with Crippen molar-refractivity contribution >= 4 is 39.8 Å². The third kappa shape index (κ3) is 5.79. The number of nitrogens with zero attached hydrogens (tertiary/aromatic N) is 3. The maximum Gasteiger partial charge on any atom is 0.233 e. The van der Waals surface area contributed by atoms with Crippen molar-refractivity contribution in [3.05, 3.63) is 29.8 Å². The number of nitrogens with one attached hydrogen (secondary N) is 1. The van der Waals surface area contributed by atoms with Crippen LogP contribution in [0.15, 0.2) is 28.6 Å². The van der Waals surface area contributed by atoms with Gasteiger partial charge in [-0.05, 0) is 38.0 Å². The number of carbonyl (C=O) groups excluding carboxylic acids is 1. The molecule has 1 heterocycles. The van der Waals surface area contributed by atoms with Crippen molar-refractivity contribution < 1.29 is 4.79 Å². The number of amides is 1. The number of aryl methyl sites for hydroxylation is 1. The van der Waals surface area contributed by atoms with E-state index < -0.39 is 0 Å². The van der Waals surface area contributed by atoms with E-state index in [0.29, 0.717) is 5.75 Å². The number of thioether (sulfide) groups is 1. The summed E-state index contributed by atoms with van der Waals surface area (Å²) in [5.41, 5.74) is 2.19. The summed E-state index contributed by atoms with van der Waals surface area (Å²) in [6.45, 7) is 7.80. The van der Waals surface area contributed by atoms with E-state index >= 15 is 0 Å². The fourth-order valence-corrected chi connectivity index (χ4v) is 3.86. The summed E-state index contributed by atoms with van der Waals surface area (Å²) in [6.07, 6.45) is 2.15. The number of benzene rings is 1. The number of hydrogen-bond donors (Lipinski definition) is 1. The lowest BCUT2D eigenvalue weighted by molar-refractivity contribution is -0.128. The number of hydrogen-bond acceptors (Lipinski definition) is 6. The molecule has 0 saturated heterocycles. The topological polar surface area (TPSA) is 58.1 Å². The summed E-state index contributed by atoms with van der Waals surface area (Å²) < 4.78 is 0.810. The number of rotatable bonds is 9. The van der Waals surface area contributed by atoms with Gasteiger partial charge in [0.05, 0.1) is 5.75 Å². The van der Waals surface area contributed by atoms with Gasteiger partial charge in [0.25, 0.3) is 0 Å². The molecule has 0 radical (unpaired) electrons. The van der Waals surface area contributed by atoms with Crippen molar-refractivity contribution in [1.29, 1.82) is 0 Å². The molecular formula is C17H24N4OS2. The molecule has 1 aromatic carbocycles. The molecule has 0 atom stereocenters. The third-order valence-electron chi connectivity index (χ3n) is 3.51. The van der Waals surface area contributed by atoms with Crippen LogP contribution in [0.5, 0.6) is 0 Å². The third-order valence-corrected chi connectivity index (χ3v) is 5.47. The average Bonchev–Trinajstić information content (AvgIpc) is 3.01. The Hall–Kier alpha value is -1.60. The van der Waals surface area contributed by atoms with Crippen LogP contribution in [0.25, 0.3) is 0 Å². The zero-order valence-electron chi connectivity index (χ0n) is 14.4. The van der Waals surface area contributed by atoms with Gasteiger partial charge in [0.1, 0.15) is 0 Å². The van der Waals surface area contributed by atoms with E-state index in [1.807, 2.05) is 24.0 Å². The Labute approximate surface area is 151 Å². The van der Waals surface area contributed by atoms with Crippen LogP contribution in [0.4, 0.5) is 10.8 Å². The van der Waals surface area contributed by atoms with Crippen LogP contribution in [0.3, 0.4) is 0 Å². The highest BCUT2D eigenvalue weighted by atomic mass is 32.2. The summed E-state index contributed by atoms with van der Waals surface area (Å²) in [7, 11) is 0. The van der Waals surface area contributed by atoms with Gasteiger partial charge in [-0.3, -0.25) is 4.79 Å². The predicted octanol–water partition coefficient (Wildman–Crippen LogP) is 4.33. The first-order valence-corrected chi connectivity index (χ1v) is 10.00. The standard InChI is InChI=1S/C17H24N4OS2/c1-4-6-10-21(5-2)15(22)12-23-17-20-19-16(24-17)18-14-9-7-8-13(3)11-14/h7-9,11H,4-6,10,12H2,1-3H3,(H,18,19).